The lowest BCUT2D eigenvalue weighted by atomic mass is 9.99. The maximum atomic E-state index is 15.6. The average molecular weight is 633 g/mol. The predicted octanol–water partition coefficient (Wildman–Crippen LogP) is 5.77. The van der Waals surface area contributed by atoms with Crippen LogP contribution in [-0.4, -0.2) is 81.3 Å². The number of rotatable bonds is 4. The predicted molar refractivity (Wildman–Crippen MR) is 164 cm³/mol. The number of piperazine rings is 1. The SMILES string of the molecule is CC.CC.Cc1c(C(CO)NC(=O)CCl)nc2c3c(nc(Cl)c(F)c13)OC(C)C1CN(C(=O)OC(C)(C)C)C(C)CN21. The number of nitrogens with one attached hydrogen (secondary N) is 1. The van der Waals surface area contributed by atoms with E-state index in [1.807, 2.05) is 46.4 Å². The highest BCUT2D eigenvalue weighted by atomic mass is 35.5. The molecule has 4 atom stereocenters. The van der Waals surface area contributed by atoms with Gasteiger partial charge >= 0.3 is 6.09 Å². The molecule has 10 nitrogen and oxygen atoms in total. The van der Waals surface area contributed by atoms with Gasteiger partial charge in [-0.1, -0.05) is 39.3 Å². The lowest BCUT2D eigenvalue weighted by molar-refractivity contribution is -0.119. The molecule has 42 heavy (non-hydrogen) atoms. The first-order valence-corrected chi connectivity index (χ1v) is 15.3. The van der Waals surface area contributed by atoms with Crippen molar-refractivity contribution in [2.24, 2.45) is 0 Å². The van der Waals surface area contributed by atoms with Gasteiger partial charge in [0.05, 0.1) is 29.8 Å². The number of fused-ring (bicyclic) bond motifs is 2. The van der Waals surface area contributed by atoms with Crippen molar-refractivity contribution in [1.29, 1.82) is 0 Å². The second kappa shape index (κ2) is 14.7. The summed E-state index contributed by atoms with van der Waals surface area (Å²) in [6.45, 7) is 18.9. The van der Waals surface area contributed by atoms with Crippen molar-refractivity contribution in [3.05, 3.63) is 22.2 Å². The zero-order valence-electron chi connectivity index (χ0n) is 26.1. The number of ether oxygens (including phenoxy) is 2. The smallest absolute Gasteiger partial charge is 0.410 e. The topological polar surface area (TPSA) is 117 Å². The van der Waals surface area contributed by atoms with Crippen LogP contribution in [0.1, 0.15) is 79.6 Å². The fourth-order valence-corrected chi connectivity index (χ4v) is 5.24. The molecular weight excluding hydrogens is 588 g/mol. The minimum absolute atomic E-state index is 0.118. The normalized spacial score (nSPS) is 20.1. The highest BCUT2D eigenvalue weighted by Gasteiger charge is 2.43. The van der Waals surface area contributed by atoms with E-state index in [1.165, 1.54) is 0 Å². The molecule has 0 bridgehead atoms. The number of hydrogen-bond acceptors (Lipinski definition) is 8. The molecule has 2 amide bonds. The maximum absolute atomic E-state index is 15.6. The van der Waals surface area contributed by atoms with Crippen molar-refractivity contribution in [1.82, 2.24) is 20.2 Å². The van der Waals surface area contributed by atoms with E-state index >= 15 is 4.39 Å². The molecule has 236 valence electrons. The fraction of sp³-hybridized carbons (Fsp3) is 0.655. The highest BCUT2D eigenvalue weighted by molar-refractivity contribution is 6.30. The summed E-state index contributed by atoms with van der Waals surface area (Å²) >= 11 is 11.9. The molecule has 2 aromatic rings. The third-order valence-corrected chi connectivity index (χ3v) is 7.25. The minimum atomic E-state index is -0.947. The molecule has 0 saturated carbocycles. The standard InChI is InChI=1S/C25H32Cl2FN5O5.2C2H6/c1-11-8-33-15(9-32(11)24(36)38-25(4,5)6)13(3)37-23-18-17(19(28)21(27)31-23)12(2)20(30-22(18)33)14(10-34)29-16(35)7-26;2*1-2/h11,13-15,34H,7-10H2,1-6H3,(H,29,35);2*1-2H3. The fourth-order valence-electron chi connectivity index (χ4n) is 4.99. The number of alkyl halides is 1. The van der Waals surface area contributed by atoms with Crippen molar-refractivity contribution in [3.8, 4) is 5.88 Å². The van der Waals surface area contributed by atoms with Crippen LogP contribution in [0.25, 0.3) is 10.8 Å². The highest BCUT2D eigenvalue weighted by Crippen LogP contribution is 2.44. The second-order valence-corrected chi connectivity index (χ2v) is 11.3. The lowest BCUT2D eigenvalue weighted by Gasteiger charge is -2.46. The molecule has 2 aliphatic rings. The molecular formula is C29H44Cl2FN5O5. The Morgan fingerprint density at radius 3 is 2.33 bits per heavy atom. The largest absolute Gasteiger partial charge is 0.472 e. The van der Waals surface area contributed by atoms with Crippen molar-refractivity contribution in [2.75, 3.05) is 30.5 Å². The number of aliphatic hydroxyl groups is 1. The number of carbonyl (C=O) groups is 2. The number of aryl methyl sites for hydroxylation is 1. The monoisotopic (exact) mass is 631 g/mol. The molecule has 0 spiro atoms. The van der Waals surface area contributed by atoms with Gasteiger partial charge in [-0.25, -0.2) is 14.2 Å². The molecule has 0 aliphatic carbocycles. The summed E-state index contributed by atoms with van der Waals surface area (Å²) < 4.78 is 27.4. The van der Waals surface area contributed by atoms with Crippen LogP contribution in [0.4, 0.5) is 15.0 Å². The van der Waals surface area contributed by atoms with Gasteiger partial charge < -0.3 is 29.7 Å². The molecule has 2 aliphatic heterocycles. The first-order chi connectivity index (χ1) is 19.8. The molecule has 0 aromatic carbocycles. The van der Waals surface area contributed by atoms with E-state index in [1.54, 1.807) is 32.6 Å². The summed E-state index contributed by atoms with van der Waals surface area (Å²) in [5.74, 6) is -1.11. The Morgan fingerprint density at radius 2 is 1.79 bits per heavy atom. The Hall–Kier alpha value is -2.63. The van der Waals surface area contributed by atoms with Gasteiger partial charge in [-0.3, -0.25) is 4.79 Å². The van der Waals surface area contributed by atoms with E-state index in [4.69, 9.17) is 37.7 Å². The Balaban J connectivity index is 0.00000148. The van der Waals surface area contributed by atoms with E-state index < -0.39 is 48.2 Å². The van der Waals surface area contributed by atoms with Gasteiger partial charge in [-0.05, 0) is 47.1 Å². The van der Waals surface area contributed by atoms with Crippen LogP contribution in [0.5, 0.6) is 5.88 Å². The van der Waals surface area contributed by atoms with Crippen molar-refractivity contribution < 1.29 is 28.6 Å². The Morgan fingerprint density at radius 1 is 1.17 bits per heavy atom. The number of halogens is 3. The van der Waals surface area contributed by atoms with Gasteiger partial charge in [-0.2, -0.15) is 4.98 Å². The van der Waals surface area contributed by atoms with Crippen LogP contribution < -0.4 is 15.0 Å². The van der Waals surface area contributed by atoms with Gasteiger partial charge in [0.15, 0.2) is 11.0 Å². The summed E-state index contributed by atoms with van der Waals surface area (Å²) in [5.41, 5.74) is -0.0349. The van der Waals surface area contributed by atoms with Crippen LogP contribution >= 0.6 is 23.2 Å². The van der Waals surface area contributed by atoms with E-state index in [9.17, 15) is 14.7 Å². The Kier molecular flexibility index (Phi) is 12.5. The summed E-state index contributed by atoms with van der Waals surface area (Å²) in [6.07, 6.45) is -0.940. The van der Waals surface area contributed by atoms with Gasteiger partial charge in [0.2, 0.25) is 11.8 Å². The number of nitrogens with zero attached hydrogens (tertiary/aromatic N) is 4. The number of pyridine rings is 2. The zero-order chi connectivity index (χ0) is 32.1. The third-order valence-electron chi connectivity index (χ3n) is 6.76. The Bertz CT molecular complexity index is 1280. The van der Waals surface area contributed by atoms with Crippen LogP contribution in [0.3, 0.4) is 0 Å². The van der Waals surface area contributed by atoms with Gasteiger partial charge in [0, 0.05) is 24.5 Å². The van der Waals surface area contributed by atoms with Crippen LogP contribution in [0.2, 0.25) is 5.15 Å². The summed E-state index contributed by atoms with van der Waals surface area (Å²) in [6, 6.07) is -1.63. The third kappa shape index (κ3) is 7.29. The molecule has 4 heterocycles. The first kappa shape index (κ1) is 35.6. The summed E-state index contributed by atoms with van der Waals surface area (Å²) in [5, 5.41) is 12.8. The number of amides is 2. The van der Waals surface area contributed by atoms with Crippen molar-refractivity contribution in [2.45, 2.75) is 99.1 Å². The number of anilines is 1. The molecule has 1 fully saturated rings. The summed E-state index contributed by atoms with van der Waals surface area (Å²) in [4.78, 5) is 37.7. The van der Waals surface area contributed by atoms with Crippen molar-refractivity contribution >= 4 is 51.8 Å². The first-order valence-electron chi connectivity index (χ1n) is 14.4. The van der Waals surface area contributed by atoms with E-state index in [0.29, 0.717) is 23.3 Å². The minimum Gasteiger partial charge on any atom is -0.472 e. The van der Waals surface area contributed by atoms with Gasteiger partial charge in [0.25, 0.3) is 0 Å². The summed E-state index contributed by atoms with van der Waals surface area (Å²) in [7, 11) is 0. The quantitative estimate of drug-likeness (QED) is 0.323. The number of hydrogen-bond donors (Lipinski definition) is 2. The maximum Gasteiger partial charge on any atom is 0.410 e. The average Bonchev–Trinajstić information content (AvgIpc) is 3.05. The molecule has 13 heteroatoms. The molecule has 4 unspecified atom stereocenters. The zero-order valence-corrected chi connectivity index (χ0v) is 27.7. The Labute approximate surface area is 257 Å². The lowest BCUT2D eigenvalue weighted by Crippen LogP contribution is -2.63. The van der Waals surface area contributed by atoms with Crippen LogP contribution in [-0.2, 0) is 9.53 Å². The van der Waals surface area contributed by atoms with E-state index in [2.05, 4.69) is 10.3 Å². The van der Waals surface area contributed by atoms with E-state index in [0.717, 1.165) is 0 Å². The van der Waals surface area contributed by atoms with Crippen LogP contribution in [0.15, 0.2) is 0 Å². The second-order valence-electron chi connectivity index (χ2n) is 10.7. The van der Waals surface area contributed by atoms with Gasteiger partial charge in [-0.15, -0.1) is 11.6 Å². The van der Waals surface area contributed by atoms with Crippen molar-refractivity contribution in [3.63, 3.8) is 0 Å². The number of aromatic nitrogens is 2. The molecule has 1 saturated heterocycles. The molecule has 4 rings (SSSR count). The van der Waals surface area contributed by atoms with E-state index in [-0.39, 0.29) is 40.6 Å². The number of carbonyl (C=O) groups excluding carboxylic acids is 2. The molecule has 2 aromatic heterocycles. The van der Waals surface area contributed by atoms with Gasteiger partial charge in [0.1, 0.15) is 23.4 Å². The molecule has 0 radical (unpaired) electrons. The van der Waals surface area contributed by atoms with Crippen LogP contribution in [0, 0.1) is 12.7 Å². The molecule has 2 N–H and O–H groups in total. The number of aliphatic hydroxyl groups excluding tert-OH is 1.